The van der Waals surface area contributed by atoms with Gasteiger partial charge in [-0.25, -0.2) is 4.79 Å². The fraction of sp³-hybridized carbons (Fsp3) is 0.231. The molecule has 10 heteroatoms. The van der Waals surface area contributed by atoms with Crippen molar-refractivity contribution in [2.24, 2.45) is 0 Å². The van der Waals surface area contributed by atoms with Gasteiger partial charge in [0, 0.05) is 24.1 Å². The van der Waals surface area contributed by atoms with E-state index in [0.29, 0.717) is 39.4 Å². The lowest BCUT2D eigenvalue weighted by molar-refractivity contribution is -0.115. The first-order valence-electron chi connectivity index (χ1n) is 11.3. The smallest absolute Gasteiger partial charge is 0.340 e. The predicted octanol–water partition coefficient (Wildman–Crippen LogP) is 3.29. The molecule has 0 spiro atoms. The standard InChI is InChI=1S/C26H26N4O6/c1-15-22(26(34)36-13-12-35-3)16(2)27-23(15)24(32)28-18-10-8-17(9-11-18)25(33)30-14-21(31)29-19-6-4-5-7-20(19)30/h4-11,27H,12-14H2,1-3H3,(H,28,32)(H,29,31). The zero-order chi connectivity index (χ0) is 25.8. The van der Waals surface area contributed by atoms with E-state index in [-0.39, 0.29) is 37.3 Å². The van der Waals surface area contributed by atoms with E-state index in [4.69, 9.17) is 9.47 Å². The number of aryl methyl sites for hydroxylation is 1. The highest BCUT2D eigenvalue weighted by molar-refractivity contribution is 6.15. The minimum atomic E-state index is -0.534. The molecule has 1 aliphatic rings. The van der Waals surface area contributed by atoms with Gasteiger partial charge in [-0.05, 0) is 55.8 Å². The number of carbonyl (C=O) groups excluding carboxylic acids is 4. The maximum atomic E-state index is 13.1. The van der Waals surface area contributed by atoms with Crippen molar-refractivity contribution >= 4 is 40.8 Å². The summed E-state index contributed by atoms with van der Waals surface area (Å²) in [5.74, 6) is -1.58. The topological polar surface area (TPSA) is 130 Å². The number of esters is 1. The number of H-pyrrole nitrogens is 1. The Morgan fingerprint density at radius 2 is 1.75 bits per heavy atom. The van der Waals surface area contributed by atoms with Crippen LogP contribution in [-0.4, -0.2) is 55.5 Å². The van der Waals surface area contributed by atoms with Crippen LogP contribution in [0.15, 0.2) is 48.5 Å². The van der Waals surface area contributed by atoms with Crippen molar-refractivity contribution in [3.63, 3.8) is 0 Å². The van der Waals surface area contributed by atoms with Gasteiger partial charge in [-0.3, -0.25) is 19.3 Å². The van der Waals surface area contributed by atoms with Crippen LogP contribution in [-0.2, 0) is 14.3 Å². The number of rotatable bonds is 7. The molecule has 0 bridgehead atoms. The second kappa shape index (κ2) is 10.4. The van der Waals surface area contributed by atoms with Crippen molar-refractivity contribution in [2.75, 3.05) is 42.4 Å². The molecule has 10 nitrogen and oxygen atoms in total. The summed E-state index contributed by atoms with van der Waals surface area (Å²) >= 11 is 0. The fourth-order valence-corrected chi connectivity index (χ4v) is 4.03. The van der Waals surface area contributed by atoms with E-state index in [1.807, 2.05) is 0 Å². The summed E-state index contributed by atoms with van der Waals surface area (Å²) in [6, 6.07) is 13.5. The van der Waals surface area contributed by atoms with Gasteiger partial charge in [0.2, 0.25) is 5.91 Å². The van der Waals surface area contributed by atoms with Gasteiger partial charge < -0.3 is 25.1 Å². The number of hydrogen-bond acceptors (Lipinski definition) is 6. The molecule has 0 aliphatic carbocycles. The fourth-order valence-electron chi connectivity index (χ4n) is 4.03. The summed E-state index contributed by atoms with van der Waals surface area (Å²) in [5, 5.41) is 5.52. The minimum Gasteiger partial charge on any atom is -0.460 e. The number of methoxy groups -OCH3 is 1. The second-order valence-corrected chi connectivity index (χ2v) is 8.24. The van der Waals surface area contributed by atoms with Crippen molar-refractivity contribution in [3.05, 3.63) is 76.6 Å². The summed E-state index contributed by atoms with van der Waals surface area (Å²) in [5.41, 5.74) is 3.56. The van der Waals surface area contributed by atoms with E-state index < -0.39 is 11.9 Å². The predicted molar refractivity (Wildman–Crippen MR) is 134 cm³/mol. The molecule has 36 heavy (non-hydrogen) atoms. The molecule has 4 rings (SSSR count). The first-order chi connectivity index (χ1) is 17.3. The monoisotopic (exact) mass is 490 g/mol. The first kappa shape index (κ1) is 24.7. The van der Waals surface area contributed by atoms with Gasteiger partial charge in [0.05, 0.1) is 23.5 Å². The number of hydrogen-bond donors (Lipinski definition) is 3. The van der Waals surface area contributed by atoms with Crippen molar-refractivity contribution in [2.45, 2.75) is 13.8 Å². The van der Waals surface area contributed by atoms with Gasteiger partial charge in [0.1, 0.15) is 18.8 Å². The highest BCUT2D eigenvalue weighted by Gasteiger charge is 2.27. The molecule has 3 amide bonds. The third-order valence-corrected chi connectivity index (χ3v) is 5.79. The van der Waals surface area contributed by atoms with Crippen molar-refractivity contribution in [1.29, 1.82) is 0 Å². The van der Waals surface area contributed by atoms with Gasteiger partial charge in [-0.1, -0.05) is 12.1 Å². The molecule has 3 N–H and O–H groups in total. The number of aromatic amines is 1. The minimum absolute atomic E-state index is 0.0873. The van der Waals surface area contributed by atoms with Gasteiger partial charge >= 0.3 is 5.97 Å². The molecule has 1 aliphatic heterocycles. The number of nitrogens with zero attached hydrogens (tertiary/aromatic N) is 1. The number of para-hydroxylation sites is 2. The maximum Gasteiger partial charge on any atom is 0.340 e. The lowest BCUT2D eigenvalue weighted by Gasteiger charge is -2.29. The maximum absolute atomic E-state index is 13.1. The summed E-state index contributed by atoms with van der Waals surface area (Å²) in [6.45, 7) is 3.66. The van der Waals surface area contributed by atoms with Crippen LogP contribution in [0.25, 0.3) is 0 Å². The first-order valence-corrected chi connectivity index (χ1v) is 11.3. The Hall–Kier alpha value is -4.44. The zero-order valence-electron chi connectivity index (χ0n) is 20.1. The van der Waals surface area contributed by atoms with Crippen LogP contribution < -0.4 is 15.5 Å². The zero-order valence-corrected chi connectivity index (χ0v) is 20.1. The number of carbonyl (C=O) groups is 4. The molecule has 2 heterocycles. The second-order valence-electron chi connectivity index (χ2n) is 8.24. The summed E-state index contributed by atoms with van der Waals surface area (Å²) in [4.78, 5) is 54.8. The summed E-state index contributed by atoms with van der Waals surface area (Å²) in [6.07, 6.45) is 0. The largest absolute Gasteiger partial charge is 0.460 e. The Balaban J connectivity index is 1.47. The molecule has 3 aromatic rings. The molecular formula is C26H26N4O6. The van der Waals surface area contributed by atoms with E-state index in [9.17, 15) is 19.2 Å². The van der Waals surface area contributed by atoms with Crippen LogP contribution in [0.4, 0.5) is 17.1 Å². The van der Waals surface area contributed by atoms with E-state index >= 15 is 0 Å². The lowest BCUT2D eigenvalue weighted by atomic mass is 10.1. The molecule has 0 saturated carbocycles. The van der Waals surface area contributed by atoms with Gasteiger partial charge in [-0.2, -0.15) is 0 Å². The number of fused-ring (bicyclic) bond motifs is 1. The van der Waals surface area contributed by atoms with Crippen LogP contribution in [0.3, 0.4) is 0 Å². The number of benzene rings is 2. The third-order valence-electron chi connectivity index (χ3n) is 5.79. The third kappa shape index (κ3) is 4.98. The molecule has 0 radical (unpaired) electrons. The highest BCUT2D eigenvalue weighted by Crippen LogP contribution is 2.30. The molecule has 186 valence electrons. The molecule has 0 atom stereocenters. The van der Waals surface area contributed by atoms with E-state index in [2.05, 4.69) is 15.6 Å². The summed E-state index contributed by atoms with van der Waals surface area (Å²) in [7, 11) is 1.51. The van der Waals surface area contributed by atoms with Crippen LogP contribution >= 0.6 is 0 Å². The van der Waals surface area contributed by atoms with Gasteiger partial charge in [-0.15, -0.1) is 0 Å². The molecule has 1 aromatic heterocycles. The number of ether oxygens (including phenoxy) is 2. The SMILES string of the molecule is COCCOC(=O)c1c(C)[nH]c(C(=O)Nc2ccc(C(=O)N3CC(=O)Nc4ccccc43)cc2)c1C. The molecule has 2 aromatic carbocycles. The van der Waals surface area contributed by atoms with E-state index in [1.165, 1.54) is 12.0 Å². The highest BCUT2D eigenvalue weighted by atomic mass is 16.6. The molecule has 0 saturated heterocycles. The Kier molecular flexibility index (Phi) is 7.16. The van der Waals surface area contributed by atoms with Crippen LogP contribution in [0.2, 0.25) is 0 Å². The Labute approximate surface area is 207 Å². The van der Waals surface area contributed by atoms with Gasteiger partial charge in [0.15, 0.2) is 0 Å². The number of nitrogens with one attached hydrogen (secondary N) is 3. The van der Waals surface area contributed by atoms with Crippen molar-refractivity contribution in [3.8, 4) is 0 Å². The molecule has 0 unspecified atom stereocenters. The average Bonchev–Trinajstić information content (AvgIpc) is 3.17. The van der Waals surface area contributed by atoms with Crippen LogP contribution in [0.5, 0.6) is 0 Å². The van der Waals surface area contributed by atoms with Crippen LogP contribution in [0.1, 0.15) is 42.5 Å². The van der Waals surface area contributed by atoms with Crippen molar-refractivity contribution in [1.82, 2.24) is 4.98 Å². The quantitative estimate of drug-likeness (QED) is 0.344. The van der Waals surface area contributed by atoms with Gasteiger partial charge in [0.25, 0.3) is 11.8 Å². The Bertz CT molecular complexity index is 1330. The average molecular weight is 491 g/mol. The Morgan fingerprint density at radius 3 is 2.47 bits per heavy atom. The van der Waals surface area contributed by atoms with E-state index in [1.54, 1.807) is 62.4 Å². The molecule has 0 fully saturated rings. The number of amides is 3. The number of aromatic nitrogens is 1. The Morgan fingerprint density at radius 1 is 1.03 bits per heavy atom. The van der Waals surface area contributed by atoms with E-state index in [0.717, 1.165) is 0 Å². The normalized spacial score (nSPS) is 12.5. The van der Waals surface area contributed by atoms with Crippen LogP contribution in [0, 0.1) is 13.8 Å². The number of anilines is 3. The summed E-state index contributed by atoms with van der Waals surface area (Å²) < 4.78 is 10.1. The van der Waals surface area contributed by atoms with Crippen molar-refractivity contribution < 1.29 is 28.7 Å². The molecular weight excluding hydrogens is 464 g/mol. The lowest BCUT2D eigenvalue weighted by Crippen LogP contribution is -2.42.